The van der Waals surface area contributed by atoms with Gasteiger partial charge in [0.1, 0.15) is 0 Å². The summed E-state index contributed by atoms with van der Waals surface area (Å²) in [6.07, 6.45) is 15.8. The van der Waals surface area contributed by atoms with Crippen LogP contribution in [0.4, 0.5) is 8.78 Å². The molecular formula is C18H33BrF2O5S. The molecule has 162 valence electrons. The summed E-state index contributed by atoms with van der Waals surface area (Å²) in [5.41, 5.74) is 0. The van der Waals surface area contributed by atoms with Crippen LogP contribution in [0.25, 0.3) is 0 Å². The van der Waals surface area contributed by atoms with Gasteiger partial charge in [0.2, 0.25) is 0 Å². The predicted molar refractivity (Wildman–Crippen MR) is 106 cm³/mol. The monoisotopic (exact) mass is 478 g/mol. The van der Waals surface area contributed by atoms with E-state index in [1.165, 1.54) is 57.8 Å². The zero-order chi connectivity index (χ0) is 20.6. The first-order valence-electron chi connectivity index (χ1n) is 9.81. The van der Waals surface area contributed by atoms with Gasteiger partial charge in [-0.15, -0.1) is 0 Å². The second kappa shape index (κ2) is 15.6. The molecule has 0 aliphatic carbocycles. The summed E-state index contributed by atoms with van der Waals surface area (Å²) in [6, 6.07) is 0. The fraction of sp³-hybridized carbons (Fsp3) is 0.944. The molecule has 0 spiro atoms. The van der Waals surface area contributed by atoms with Crippen molar-refractivity contribution in [3.05, 3.63) is 0 Å². The lowest BCUT2D eigenvalue weighted by atomic mass is 10.0. The van der Waals surface area contributed by atoms with Gasteiger partial charge in [-0.25, -0.2) is 4.79 Å². The zero-order valence-corrected chi connectivity index (χ0v) is 18.3. The van der Waals surface area contributed by atoms with Crippen LogP contribution in [-0.4, -0.2) is 36.1 Å². The van der Waals surface area contributed by atoms with E-state index < -0.39 is 21.3 Å². The molecule has 0 amide bonds. The molecule has 0 fully saturated rings. The van der Waals surface area contributed by atoms with Crippen molar-refractivity contribution in [1.29, 1.82) is 0 Å². The molecule has 0 saturated carbocycles. The van der Waals surface area contributed by atoms with E-state index >= 15 is 0 Å². The number of carbonyl (C=O) groups excluding carboxylic acids is 1. The Morgan fingerprint density at radius 2 is 1.11 bits per heavy atom. The van der Waals surface area contributed by atoms with Crippen LogP contribution in [0.1, 0.15) is 89.9 Å². The molecule has 5 nitrogen and oxygen atoms in total. The van der Waals surface area contributed by atoms with E-state index in [1.54, 1.807) is 0 Å². The maximum Gasteiger partial charge on any atom is 0.465 e. The molecule has 0 aromatic heterocycles. The first-order chi connectivity index (χ1) is 12.7. The van der Waals surface area contributed by atoms with Crippen LogP contribution in [0, 0.1) is 0 Å². The van der Waals surface area contributed by atoms with Gasteiger partial charge in [-0.2, -0.15) is 17.2 Å². The molecule has 0 rings (SSSR count). The van der Waals surface area contributed by atoms with Crippen molar-refractivity contribution in [3.63, 3.8) is 0 Å². The van der Waals surface area contributed by atoms with Crippen molar-refractivity contribution >= 4 is 32.0 Å². The number of halogens is 3. The second-order valence-electron chi connectivity index (χ2n) is 6.77. The van der Waals surface area contributed by atoms with E-state index in [4.69, 9.17) is 4.55 Å². The number of hydrogen-bond acceptors (Lipinski definition) is 4. The molecule has 27 heavy (non-hydrogen) atoms. The molecule has 9 heteroatoms. The summed E-state index contributed by atoms with van der Waals surface area (Å²) >= 11 is 3.43. The highest BCUT2D eigenvalue weighted by Gasteiger charge is 2.54. The Morgan fingerprint density at radius 3 is 1.44 bits per heavy atom. The quantitative estimate of drug-likeness (QED) is 0.115. The van der Waals surface area contributed by atoms with Crippen molar-refractivity contribution < 1.29 is 31.3 Å². The molecule has 0 heterocycles. The van der Waals surface area contributed by atoms with Gasteiger partial charge in [0.25, 0.3) is 0 Å². The van der Waals surface area contributed by atoms with Crippen LogP contribution < -0.4 is 0 Å². The van der Waals surface area contributed by atoms with Crippen LogP contribution in [-0.2, 0) is 19.6 Å². The lowest BCUT2D eigenvalue weighted by molar-refractivity contribution is -0.161. The maximum absolute atomic E-state index is 12.9. The Labute approximate surface area is 170 Å². The third kappa shape index (κ3) is 13.5. The van der Waals surface area contributed by atoms with Crippen molar-refractivity contribution in [3.8, 4) is 0 Å². The normalized spacial score (nSPS) is 12.3. The van der Waals surface area contributed by atoms with E-state index in [0.29, 0.717) is 6.42 Å². The van der Waals surface area contributed by atoms with E-state index in [9.17, 15) is 22.0 Å². The first-order valence-corrected chi connectivity index (χ1v) is 12.4. The van der Waals surface area contributed by atoms with Crippen LogP contribution in [0.2, 0.25) is 0 Å². The third-order valence-electron chi connectivity index (χ3n) is 4.32. The Hall–Kier alpha value is -0.280. The van der Waals surface area contributed by atoms with Gasteiger partial charge in [0, 0.05) is 5.33 Å². The van der Waals surface area contributed by atoms with Gasteiger partial charge >= 0.3 is 21.3 Å². The smallest absolute Gasteiger partial charge is 0.460 e. The molecule has 0 bridgehead atoms. The van der Waals surface area contributed by atoms with Crippen molar-refractivity contribution in [2.45, 2.75) is 95.1 Å². The Morgan fingerprint density at radius 1 is 0.778 bits per heavy atom. The van der Waals surface area contributed by atoms with Gasteiger partial charge in [0.05, 0.1) is 6.61 Å². The Balaban J connectivity index is 3.38. The summed E-state index contributed by atoms with van der Waals surface area (Å²) in [5.74, 6) is -2.23. The van der Waals surface area contributed by atoms with Crippen LogP contribution >= 0.6 is 15.9 Å². The zero-order valence-electron chi connectivity index (χ0n) is 15.9. The van der Waals surface area contributed by atoms with E-state index in [-0.39, 0.29) is 6.61 Å². The molecule has 0 aromatic carbocycles. The summed E-state index contributed by atoms with van der Waals surface area (Å²) < 4.78 is 59.0. The molecule has 0 aliphatic rings. The van der Waals surface area contributed by atoms with Crippen LogP contribution in [0.15, 0.2) is 0 Å². The standard InChI is InChI=1S/C18H33BrF2O5S/c19-15-13-11-9-7-5-3-1-2-4-6-8-10-12-14-16-26-17(22)18(20,21)27(23,24)25/h1-16H2,(H,23,24,25). The minimum absolute atomic E-state index is 0.278. The Kier molecular flexibility index (Phi) is 15.5. The fourth-order valence-electron chi connectivity index (χ4n) is 2.67. The van der Waals surface area contributed by atoms with E-state index in [0.717, 1.165) is 31.0 Å². The van der Waals surface area contributed by atoms with Gasteiger partial charge in [-0.1, -0.05) is 93.0 Å². The van der Waals surface area contributed by atoms with E-state index in [2.05, 4.69) is 20.7 Å². The summed E-state index contributed by atoms with van der Waals surface area (Å²) in [6.45, 7) is -0.278. The van der Waals surface area contributed by atoms with Gasteiger partial charge < -0.3 is 4.74 Å². The molecule has 1 N–H and O–H groups in total. The molecule has 0 unspecified atom stereocenters. The fourth-order valence-corrected chi connectivity index (χ4v) is 3.34. The molecule has 0 atom stereocenters. The number of esters is 1. The van der Waals surface area contributed by atoms with Gasteiger partial charge in [-0.3, -0.25) is 4.55 Å². The third-order valence-corrected chi connectivity index (χ3v) is 5.70. The van der Waals surface area contributed by atoms with Gasteiger partial charge in [-0.05, 0) is 12.8 Å². The van der Waals surface area contributed by atoms with Crippen LogP contribution in [0.5, 0.6) is 0 Å². The molecule has 0 radical (unpaired) electrons. The van der Waals surface area contributed by atoms with Crippen LogP contribution in [0.3, 0.4) is 0 Å². The van der Waals surface area contributed by atoms with Crippen molar-refractivity contribution in [2.24, 2.45) is 0 Å². The predicted octanol–water partition coefficient (Wildman–Crippen LogP) is 5.87. The Bertz CT molecular complexity index is 486. The van der Waals surface area contributed by atoms with E-state index in [1.807, 2.05) is 0 Å². The SMILES string of the molecule is O=C(OCCCCCCCCCCCCCCCCBr)C(F)(F)S(=O)(=O)O. The highest BCUT2D eigenvalue weighted by Crippen LogP contribution is 2.22. The first kappa shape index (κ1) is 26.7. The maximum atomic E-state index is 12.9. The lowest BCUT2D eigenvalue weighted by Crippen LogP contribution is -2.39. The molecule has 0 aromatic rings. The average molecular weight is 479 g/mol. The summed E-state index contributed by atoms with van der Waals surface area (Å²) in [7, 11) is -5.78. The molecule has 0 aliphatic heterocycles. The number of ether oxygens (including phenoxy) is 1. The lowest BCUT2D eigenvalue weighted by Gasteiger charge is -2.11. The highest BCUT2D eigenvalue weighted by atomic mass is 79.9. The number of hydrogen-bond donors (Lipinski definition) is 1. The highest BCUT2D eigenvalue weighted by molar-refractivity contribution is 9.09. The van der Waals surface area contributed by atoms with Gasteiger partial charge in [0.15, 0.2) is 0 Å². The minimum Gasteiger partial charge on any atom is -0.460 e. The number of unbranched alkanes of at least 4 members (excludes halogenated alkanes) is 13. The number of carbonyl (C=O) groups is 1. The average Bonchev–Trinajstić information content (AvgIpc) is 2.60. The largest absolute Gasteiger partial charge is 0.465 e. The second-order valence-corrected chi connectivity index (χ2v) is 9.02. The van der Waals surface area contributed by atoms with Crippen molar-refractivity contribution in [2.75, 3.05) is 11.9 Å². The minimum atomic E-state index is -5.78. The topological polar surface area (TPSA) is 80.7 Å². The number of alkyl halides is 3. The van der Waals surface area contributed by atoms with Crippen molar-refractivity contribution in [1.82, 2.24) is 0 Å². The molecule has 0 saturated heterocycles. The summed E-state index contributed by atoms with van der Waals surface area (Å²) in [4.78, 5) is 10.9. The summed E-state index contributed by atoms with van der Waals surface area (Å²) in [5, 5.41) is -3.80. The number of rotatable bonds is 18. The molecular weight excluding hydrogens is 446 g/mol.